The Balaban J connectivity index is 1.48. The van der Waals surface area contributed by atoms with Crippen LogP contribution in [0, 0.1) is 10.1 Å². The van der Waals surface area contributed by atoms with Crippen LogP contribution in [0.3, 0.4) is 0 Å². The van der Waals surface area contributed by atoms with E-state index in [1.807, 2.05) is 30.3 Å². The Bertz CT molecular complexity index is 1630. The number of nitrogens with one attached hydrogen (secondary N) is 1. The summed E-state index contributed by atoms with van der Waals surface area (Å²) in [6.45, 7) is 0. The molecule has 2 heterocycles. The van der Waals surface area contributed by atoms with Gasteiger partial charge in [0.1, 0.15) is 12.0 Å². The lowest BCUT2D eigenvalue weighted by Gasteiger charge is -2.10. The smallest absolute Gasteiger partial charge is 0.270 e. The highest BCUT2D eigenvalue weighted by Gasteiger charge is 2.15. The molecule has 0 spiro atoms. The van der Waals surface area contributed by atoms with Gasteiger partial charge in [0.2, 0.25) is 0 Å². The summed E-state index contributed by atoms with van der Waals surface area (Å²) < 4.78 is 2.95. The Kier molecular flexibility index (Phi) is 6.95. The molecule has 1 N–H and O–H groups in total. The molecule has 0 saturated heterocycles. The second kappa shape index (κ2) is 10.8. The molecule has 2 aromatic heterocycles. The van der Waals surface area contributed by atoms with Gasteiger partial charge in [-0.1, -0.05) is 53.2 Å². The molecule has 0 radical (unpaired) electrons. The second-order valence-corrected chi connectivity index (χ2v) is 8.51. The summed E-state index contributed by atoms with van der Waals surface area (Å²) in [5.41, 5.74) is 3.21. The number of nitro groups is 1. The Morgan fingerprint density at radius 3 is 2.66 bits per heavy atom. The first-order chi connectivity index (χ1) is 18.5. The predicted molar refractivity (Wildman–Crippen MR) is 138 cm³/mol. The van der Waals surface area contributed by atoms with E-state index < -0.39 is 10.8 Å². The van der Waals surface area contributed by atoms with Crippen LogP contribution in [0.15, 0.2) is 91.0 Å². The molecule has 3 aromatic carbocycles. The summed E-state index contributed by atoms with van der Waals surface area (Å²) in [7, 11) is 0. The fourth-order valence-electron chi connectivity index (χ4n) is 3.72. The molecule has 188 valence electrons. The van der Waals surface area contributed by atoms with Crippen molar-refractivity contribution in [1.82, 2.24) is 40.5 Å². The SMILES string of the molecule is O=C(NC(=Cn1cc(-c2cc(Cl)ccc2-n2cnnn2)nn1)Cc1ccccc1)c1cccc([N+](=O)[O-])c1. The lowest BCUT2D eigenvalue weighted by Crippen LogP contribution is -2.24. The number of nitro benzene ring substituents is 1. The third-order valence-corrected chi connectivity index (χ3v) is 5.69. The maximum absolute atomic E-state index is 13.0. The van der Waals surface area contributed by atoms with Gasteiger partial charge in [-0.05, 0) is 40.3 Å². The normalized spacial score (nSPS) is 11.3. The van der Waals surface area contributed by atoms with E-state index in [0.717, 1.165) is 5.56 Å². The Labute approximate surface area is 220 Å². The largest absolute Gasteiger partial charge is 0.324 e. The van der Waals surface area contributed by atoms with E-state index in [-0.39, 0.29) is 11.3 Å². The van der Waals surface area contributed by atoms with Crippen molar-refractivity contribution < 1.29 is 9.72 Å². The first kappa shape index (κ1) is 24.5. The van der Waals surface area contributed by atoms with E-state index in [9.17, 15) is 14.9 Å². The lowest BCUT2D eigenvalue weighted by atomic mass is 10.1. The number of tetrazole rings is 1. The quantitative estimate of drug-likeness (QED) is 0.235. The second-order valence-electron chi connectivity index (χ2n) is 8.08. The summed E-state index contributed by atoms with van der Waals surface area (Å²) in [6, 6.07) is 20.3. The number of benzene rings is 3. The highest BCUT2D eigenvalue weighted by Crippen LogP contribution is 2.27. The number of hydrogen-bond acceptors (Lipinski definition) is 8. The molecular formula is C25H18ClN9O3. The topological polar surface area (TPSA) is 147 Å². The molecule has 12 nitrogen and oxygen atoms in total. The minimum Gasteiger partial charge on any atom is -0.324 e. The zero-order valence-electron chi connectivity index (χ0n) is 19.5. The number of carbonyl (C=O) groups is 1. The number of hydrogen-bond donors (Lipinski definition) is 1. The number of allylic oxidation sites excluding steroid dienone is 1. The van der Waals surface area contributed by atoms with Crippen LogP contribution in [0.5, 0.6) is 0 Å². The number of nitrogens with zero attached hydrogens (tertiary/aromatic N) is 8. The molecule has 0 aliphatic heterocycles. The molecule has 0 fully saturated rings. The minimum atomic E-state index is -0.548. The molecule has 0 aliphatic rings. The molecule has 0 saturated carbocycles. The van der Waals surface area contributed by atoms with Gasteiger partial charge in [0, 0.05) is 46.6 Å². The van der Waals surface area contributed by atoms with Crippen molar-refractivity contribution in [2.24, 2.45) is 0 Å². The Hall–Kier alpha value is -5.23. The molecule has 38 heavy (non-hydrogen) atoms. The van der Waals surface area contributed by atoms with Gasteiger partial charge < -0.3 is 5.32 Å². The van der Waals surface area contributed by atoms with Crippen molar-refractivity contribution in [3.05, 3.63) is 117 Å². The molecule has 0 unspecified atom stereocenters. The maximum atomic E-state index is 13.0. The summed E-state index contributed by atoms with van der Waals surface area (Å²) in [4.78, 5) is 23.6. The van der Waals surface area contributed by atoms with Gasteiger partial charge in [0.25, 0.3) is 11.6 Å². The highest BCUT2D eigenvalue weighted by molar-refractivity contribution is 6.31. The molecule has 5 aromatic rings. The van der Waals surface area contributed by atoms with Gasteiger partial charge in [-0.15, -0.1) is 10.2 Å². The van der Waals surface area contributed by atoms with E-state index >= 15 is 0 Å². The lowest BCUT2D eigenvalue weighted by molar-refractivity contribution is -0.384. The van der Waals surface area contributed by atoms with Crippen LogP contribution in [0.2, 0.25) is 5.02 Å². The molecule has 1 amide bonds. The molecule has 0 aliphatic carbocycles. The van der Waals surface area contributed by atoms with E-state index in [1.54, 1.807) is 30.6 Å². The van der Waals surface area contributed by atoms with Gasteiger partial charge in [-0.3, -0.25) is 14.9 Å². The van der Waals surface area contributed by atoms with Crippen molar-refractivity contribution in [1.29, 1.82) is 0 Å². The molecular weight excluding hydrogens is 510 g/mol. The summed E-state index contributed by atoms with van der Waals surface area (Å²) in [6.07, 6.45) is 5.12. The monoisotopic (exact) mass is 527 g/mol. The third kappa shape index (κ3) is 5.60. The van der Waals surface area contributed by atoms with E-state index in [1.165, 1.54) is 40.0 Å². The van der Waals surface area contributed by atoms with Crippen LogP contribution < -0.4 is 5.32 Å². The standard InChI is InChI=1S/C25H18ClN9O3/c26-19-9-10-24(34-16-27-30-32-34)22(13-19)23-15-33(31-29-23)14-20(11-17-5-2-1-3-6-17)28-25(36)18-7-4-8-21(12-18)35(37)38/h1-10,12-16H,11H2,(H,28,36). The number of non-ortho nitro benzene ring substituents is 1. The van der Waals surface area contributed by atoms with Crippen molar-refractivity contribution in [2.45, 2.75) is 6.42 Å². The summed E-state index contributed by atoms with van der Waals surface area (Å²) in [5.74, 6) is -0.493. The third-order valence-electron chi connectivity index (χ3n) is 5.46. The van der Waals surface area contributed by atoms with E-state index in [4.69, 9.17) is 11.6 Å². The number of rotatable bonds is 8. The maximum Gasteiger partial charge on any atom is 0.270 e. The average Bonchev–Trinajstić information content (AvgIpc) is 3.62. The number of carbonyl (C=O) groups excluding carboxylic acids is 1. The average molecular weight is 528 g/mol. The first-order valence-corrected chi connectivity index (χ1v) is 11.6. The molecule has 5 rings (SSSR count). The van der Waals surface area contributed by atoms with E-state index in [2.05, 4.69) is 31.2 Å². The summed E-state index contributed by atoms with van der Waals surface area (Å²) in [5, 5.41) is 34.2. The highest BCUT2D eigenvalue weighted by atomic mass is 35.5. The molecule has 13 heteroatoms. The Morgan fingerprint density at radius 1 is 1.05 bits per heavy atom. The van der Waals surface area contributed by atoms with Crippen LogP contribution in [0.1, 0.15) is 15.9 Å². The van der Waals surface area contributed by atoms with Crippen molar-refractivity contribution in [2.75, 3.05) is 0 Å². The van der Waals surface area contributed by atoms with Crippen LogP contribution in [-0.2, 0) is 6.42 Å². The van der Waals surface area contributed by atoms with Crippen LogP contribution in [0.25, 0.3) is 23.1 Å². The Morgan fingerprint density at radius 2 is 1.89 bits per heavy atom. The number of amides is 1. The fraction of sp³-hybridized carbons (Fsp3) is 0.0400. The van der Waals surface area contributed by atoms with Crippen LogP contribution in [0.4, 0.5) is 5.69 Å². The van der Waals surface area contributed by atoms with E-state index in [0.29, 0.717) is 34.1 Å². The molecule has 0 atom stereocenters. The van der Waals surface area contributed by atoms with Crippen molar-refractivity contribution >= 4 is 29.4 Å². The van der Waals surface area contributed by atoms with Gasteiger partial charge in [0.05, 0.1) is 16.8 Å². The fourth-order valence-corrected chi connectivity index (χ4v) is 3.90. The summed E-state index contributed by atoms with van der Waals surface area (Å²) >= 11 is 6.24. The zero-order chi connectivity index (χ0) is 26.5. The van der Waals surface area contributed by atoms with Crippen molar-refractivity contribution in [3.8, 4) is 16.9 Å². The van der Waals surface area contributed by atoms with Gasteiger partial charge in [-0.2, -0.15) is 4.68 Å². The predicted octanol–water partition coefficient (Wildman–Crippen LogP) is 3.95. The van der Waals surface area contributed by atoms with Crippen LogP contribution >= 0.6 is 11.6 Å². The number of aromatic nitrogens is 7. The van der Waals surface area contributed by atoms with Gasteiger partial charge >= 0.3 is 0 Å². The van der Waals surface area contributed by atoms with Crippen LogP contribution in [-0.4, -0.2) is 46.0 Å². The zero-order valence-corrected chi connectivity index (χ0v) is 20.3. The number of halogens is 1. The minimum absolute atomic E-state index is 0.155. The van der Waals surface area contributed by atoms with Crippen molar-refractivity contribution in [3.63, 3.8) is 0 Å². The van der Waals surface area contributed by atoms with Gasteiger partial charge in [-0.25, -0.2) is 4.68 Å². The van der Waals surface area contributed by atoms with Gasteiger partial charge in [0.15, 0.2) is 0 Å². The first-order valence-electron chi connectivity index (χ1n) is 11.2. The molecule has 0 bridgehead atoms.